The maximum atomic E-state index is 12.2. The van der Waals surface area contributed by atoms with Gasteiger partial charge in [0.25, 0.3) is 5.56 Å². The van der Waals surface area contributed by atoms with Gasteiger partial charge in [0.15, 0.2) is 0 Å². The van der Waals surface area contributed by atoms with E-state index in [0.29, 0.717) is 10.6 Å². The molecule has 0 saturated carbocycles. The Balaban J connectivity index is 2.71. The van der Waals surface area contributed by atoms with Gasteiger partial charge in [0.05, 0.1) is 10.6 Å². The molecule has 104 valence electrons. The van der Waals surface area contributed by atoms with Gasteiger partial charge in [-0.3, -0.25) is 18.9 Å². The standard InChI is InChI=1S/C14H16N4O2/c1-10-12(13(19)18(4)14(20)17(10)3)9-16(2)11-5-7-15-8-6-11/h5-9H,1H2,2-4H3/b12-9-. The van der Waals surface area contributed by atoms with Crippen LogP contribution in [0.3, 0.4) is 0 Å². The van der Waals surface area contributed by atoms with E-state index in [4.69, 9.17) is 0 Å². The fourth-order valence-electron chi connectivity index (χ4n) is 1.89. The summed E-state index contributed by atoms with van der Waals surface area (Å²) in [5.74, 6) is 0. The second-order valence-electron chi connectivity index (χ2n) is 4.51. The Morgan fingerprint density at radius 2 is 1.80 bits per heavy atom. The highest BCUT2D eigenvalue weighted by Gasteiger charge is 2.04. The Morgan fingerprint density at radius 1 is 1.20 bits per heavy atom. The van der Waals surface area contributed by atoms with Crippen molar-refractivity contribution >= 4 is 18.5 Å². The molecule has 0 bridgehead atoms. The van der Waals surface area contributed by atoms with Crippen LogP contribution in [0, 0.1) is 0 Å². The molecule has 2 aromatic heterocycles. The molecule has 0 amide bonds. The summed E-state index contributed by atoms with van der Waals surface area (Å²) in [5.41, 5.74) is 0.137. The molecule has 0 aliphatic heterocycles. The molecule has 0 N–H and O–H groups in total. The van der Waals surface area contributed by atoms with Crippen LogP contribution in [-0.4, -0.2) is 21.2 Å². The number of anilines is 1. The van der Waals surface area contributed by atoms with E-state index in [1.165, 1.54) is 11.6 Å². The van der Waals surface area contributed by atoms with E-state index >= 15 is 0 Å². The summed E-state index contributed by atoms with van der Waals surface area (Å²) in [6.45, 7) is 3.81. The van der Waals surface area contributed by atoms with Gasteiger partial charge in [-0.1, -0.05) is 6.58 Å². The van der Waals surface area contributed by atoms with Gasteiger partial charge in [-0.15, -0.1) is 0 Å². The number of hydrogen-bond acceptors (Lipinski definition) is 4. The van der Waals surface area contributed by atoms with Crippen LogP contribution >= 0.6 is 0 Å². The quantitative estimate of drug-likeness (QED) is 0.686. The monoisotopic (exact) mass is 272 g/mol. The van der Waals surface area contributed by atoms with Crippen molar-refractivity contribution in [2.75, 3.05) is 11.9 Å². The molecule has 20 heavy (non-hydrogen) atoms. The molecule has 0 aromatic carbocycles. The summed E-state index contributed by atoms with van der Waals surface area (Å²) in [6.07, 6.45) is 5.01. The van der Waals surface area contributed by atoms with Gasteiger partial charge in [0, 0.05) is 45.4 Å². The third-order valence-electron chi connectivity index (χ3n) is 3.22. The smallest absolute Gasteiger partial charge is 0.330 e. The van der Waals surface area contributed by atoms with Crippen molar-refractivity contribution in [2.24, 2.45) is 14.1 Å². The van der Waals surface area contributed by atoms with Crippen molar-refractivity contribution < 1.29 is 0 Å². The highest BCUT2D eigenvalue weighted by molar-refractivity contribution is 5.56. The molecule has 0 spiro atoms. The van der Waals surface area contributed by atoms with E-state index in [9.17, 15) is 9.59 Å². The Labute approximate surface area is 115 Å². The van der Waals surface area contributed by atoms with Crippen molar-refractivity contribution in [1.29, 1.82) is 0 Å². The van der Waals surface area contributed by atoms with Crippen LogP contribution < -0.4 is 26.7 Å². The number of pyridine rings is 1. The molecule has 0 fully saturated rings. The summed E-state index contributed by atoms with van der Waals surface area (Å²) >= 11 is 0. The topological polar surface area (TPSA) is 60.1 Å². The summed E-state index contributed by atoms with van der Waals surface area (Å²) < 4.78 is 2.43. The van der Waals surface area contributed by atoms with E-state index in [0.717, 1.165) is 10.3 Å². The first-order chi connectivity index (χ1) is 9.43. The predicted molar refractivity (Wildman–Crippen MR) is 78.8 cm³/mol. The summed E-state index contributed by atoms with van der Waals surface area (Å²) in [4.78, 5) is 29.7. The van der Waals surface area contributed by atoms with Crippen LogP contribution in [0.5, 0.6) is 0 Å². The van der Waals surface area contributed by atoms with Crippen LogP contribution in [0.4, 0.5) is 5.69 Å². The van der Waals surface area contributed by atoms with E-state index in [1.807, 2.05) is 19.2 Å². The minimum absolute atomic E-state index is 0.362. The lowest BCUT2D eigenvalue weighted by molar-refractivity contribution is 0.660. The van der Waals surface area contributed by atoms with E-state index in [1.54, 1.807) is 30.5 Å². The molecular weight excluding hydrogens is 256 g/mol. The zero-order valence-corrected chi connectivity index (χ0v) is 11.7. The third-order valence-corrected chi connectivity index (χ3v) is 3.22. The SMILES string of the molecule is C=c1/c(=C/N(C)c2ccncc2)c(=O)n(C)c(=O)n1C. The molecule has 6 heteroatoms. The van der Waals surface area contributed by atoms with Crippen LogP contribution in [0.2, 0.25) is 0 Å². The Hall–Kier alpha value is -2.63. The van der Waals surface area contributed by atoms with Crippen LogP contribution in [0.25, 0.3) is 12.8 Å². The van der Waals surface area contributed by atoms with Gasteiger partial charge in [-0.05, 0) is 12.1 Å². The highest BCUT2D eigenvalue weighted by Crippen LogP contribution is 2.08. The number of nitrogens with zero attached hydrogens (tertiary/aromatic N) is 4. The zero-order chi connectivity index (χ0) is 14.9. The van der Waals surface area contributed by atoms with Crippen LogP contribution in [0.1, 0.15) is 0 Å². The number of rotatable bonds is 2. The molecule has 0 aliphatic carbocycles. The summed E-state index contributed by atoms with van der Waals surface area (Å²) in [5, 5.41) is 0.771. The molecule has 2 heterocycles. The molecule has 2 rings (SSSR count). The Morgan fingerprint density at radius 3 is 2.40 bits per heavy atom. The van der Waals surface area contributed by atoms with Gasteiger partial charge in [-0.2, -0.15) is 0 Å². The molecular formula is C14H16N4O2. The molecule has 6 nitrogen and oxygen atoms in total. The Kier molecular flexibility index (Phi) is 3.56. The van der Waals surface area contributed by atoms with Crippen molar-refractivity contribution in [3.63, 3.8) is 0 Å². The number of hydrogen-bond donors (Lipinski definition) is 0. The van der Waals surface area contributed by atoms with Crippen molar-refractivity contribution in [3.05, 3.63) is 55.9 Å². The first kappa shape index (κ1) is 13.8. The van der Waals surface area contributed by atoms with Crippen molar-refractivity contribution in [3.8, 4) is 0 Å². The first-order valence-corrected chi connectivity index (χ1v) is 6.03. The second-order valence-corrected chi connectivity index (χ2v) is 4.51. The van der Waals surface area contributed by atoms with Gasteiger partial charge in [-0.25, -0.2) is 4.79 Å². The highest BCUT2D eigenvalue weighted by atomic mass is 16.2. The lowest BCUT2D eigenvalue weighted by Crippen LogP contribution is -2.56. The van der Waals surface area contributed by atoms with Crippen molar-refractivity contribution in [1.82, 2.24) is 14.1 Å². The van der Waals surface area contributed by atoms with Gasteiger partial charge >= 0.3 is 5.69 Å². The molecule has 0 saturated heterocycles. The average Bonchev–Trinajstić information content (AvgIpc) is 2.48. The minimum atomic E-state index is -0.385. The lowest BCUT2D eigenvalue weighted by Gasteiger charge is -2.13. The van der Waals surface area contributed by atoms with Gasteiger partial charge < -0.3 is 4.90 Å². The Bertz CT molecular complexity index is 806. The third kappa shape index (κ3) is 2.27. The fourth-order valence-corrected chi connectivity index (χ4v) is 1.89. The van der Waals surface area contributed by atoms with Crippen molar-refractivity contribution in [2.45, 2.75) is 0 Å². The lowest BCUT2D eigenvalue weighted by atomic mass is 10.3. The predicted octanol–water partition coefficient (Wildman–Crippen LogP) is -1.24. The van der Waals surface area contributed by atoms with Crippen LogP contribution in [-0.2, 0) is 14.1 Å². The van der Waals surface area contributed by atoms with Gasteiger partial charge in [0.1, 0.15) is 0 Å². The summed E-state index contributed by atoms with van der Waals surface area (Å²) in [6, 6.07) is 3.65. The molecule has 0 atom stereocenters. The second kappa shape index (κ2) is 5.16. The fraction of sp³-hybridized carbons (Fsp3) is 0.214. The number of aromatic nitrogens is 3. The average molecular weight is 272 g/mol. The van der Waals surface area contributed by atoms with Crippen LogP contribution in [0.15, 0.2) is 34.1 Å². The van der Waals surface area contributed by atoms with E-state index in [2.05, 4.69) is 11.6 Å². The first-order valence-electron chi connectivity index (χ1n) is 6.03. The summed E-state index contributed by atoms with van der Waals surface area (Å²) in [7, 11) is 4.86. The zero-order valence-electron chi connectivity index (χ0n) is 11.7. The normalized spacial score (nSPS) is 11.7. The maximum absolute atomic E-state index is 12.2. The van der Waals surface area contributed by atoms with E-state index < -0.39 is 0 Å². The molecule has 2 aromatic rings. The largest absolute Gasteiger partial charge is 0.350 e. The van der Waals surface area contributed by atoms with E-state index in [-0.39, 0.29) is 11.2 Å². The molecule has 0 aliphatic rings. The maximum Gasteiger partial charge on any atom is 0.330 e. The van der Waals surface area contributed by atoms with Gasteiger partial charge in [0.2, 0.25) is 0 Å². The molecule has 0 unspecified atom stereocenters. The molecule has 0 radical (unpaired) electrons. The minimum Gasteiger partial charge on any atom is -0.350 e.